The Morgan fingerprint density at radius 1 is 1.23 bits per heavy atom. The number of hydrogen-bond donors (Lipinski definition) is 2. The number of pyridine rings is 1. The SMILES string of the molecule is Cc1ccc2c(NC(C)C)cnc(N3CCC(N)CC3)c2c1. The van der Waals surface area contributed by atoms with Crippen molar-refractivity contribution in [2.75, 3.05) is 23.3 Å². The number of benzene rings is 1. The van der Waals surface area contributed by atoms with Crippen molar-refractivity contribution in [3.63, 3.8) is 0 Å². The molecule has 0 spiro atoms. The fraction of sp³-hybridized carbons (Fsp3) is 0.500. The molecule has 4 nitrogen and oxygen atoms in total. The molecule has 0 atom stereocenters. The van der Waals surface area contributed by atoms with E-state index in [1.807, 2.05) is 6.20 Å². The predicted octanol–water partition coefficient (Wildman–Crippen LogP) is 3.29. The van der Waals surface area contributed by atoms with Crippen LogP contribution in [0.15, 0.2) is 24.4 Å². The zero-order valence-corrected chi connectivity index (χ0v) is 13.8. The molecule has 0 amide bonds. The predicted molar refractivity (Wildman–Crippen MR) is 94.7 cm³/mol. The Morgan fingerprint density at radius 3 is 2.64 bits per heavy atom. The van der Waals surface area contributed by atoms with Crippen molar-refractivity contribution in [2.24, 2.45) is 5.73 Å². The van der Waals surface area contributed by atoms with Crippen LogP contribution < -0.4 is 16.0 Å². The molecule has 1 aromatic heterocycles. The summed E-state index contributed by atoms with van der Waals surface area (Å²) in [5.74, 6) is 1.10. The Bertz CT molecular complexity index is 657. The first-order chi connectivity index (χ1) is 10.5. The van der Waals surface area contributed by atoms with E-state index in [-0.39, 0.29) is 0 Å². The van der Waals surface area contributed by atoms with E-state index in [4.69, 9.17) is 10.7 Å². The van der Waals surface area contributed by atoms with E-state index in [0.29, 0.717) is 12.1 Å². The highest BCUT2D eigenvalue weighted by atomic mass is 15.2. The van der Waals surface area contributed by atoms with Crippen LogP contribution in [0, 0.1) is 6.92 Å². The molecule has 1 aliphatic heterocycles. The zero-order valence-electron chi connectivity index (χ0n) is 13.8. The molecule has 0 unspecified atom stereocenters. The number of nitrogens with two attached hydrogens (primary N) is 1. The second kappa shape index (κ2) is 6.13. The molecule has 1 saturated heterocycles. The van der Waals surface area contributed by atoms with E-state index >= 15 is 0 Å². The van der Waals surface area contributed by atoms with Crippen LogP contribution in [0.1, 0.15) is 32.3 Å². The Balaban J connectivity index is 2.05. The molecule has 0 radical (unpaired) electrons. The van der Waals surface area contributed by atoms with Gasteiger partial charge in [-0.15, -0.1) is 0 Å². The number of aromatic nitrogens is 1. The smallest absolute Gasteiger partial charge is 0.136 e. The fourth-order valence-electron chi connectivity index (χ4n) is 3.13. The first-order valence-corrected chi connectivity index (χ1v) is 8.21. The van der Waals surface area contributed by atoms with Gasteiger partial charge < -0.3 is 16.0 Å². The largest absolute Gasteiger partial charge is 0.381 e. The molecule has 3 rings (SSSR count). The van der Waals surface area contributed by atoms with Crippen LogP contribution in [0.3, 0.4) is 0 Å². The van der Waals surface area contributed by atoms with Gasteiger partial charge in [-0.25, -0.2) is 4.98 Å². The van der Waals surface area contributed by atoms with Crippen LogP contribution in [0.4, 0.5) is 11.5 Å². The van der Waals surface area contributed by atoms with Gasteiger partial charge in [0.2, 0.25) is 0 Å². The number of hydrogen-bond acceptors (Lipinski definition) is 4. The average molecular weight is 298 g/mol. The van der Waals surface area contributed by atoms with Gasteiger partial charge in [-0.1, -0.05) is 17.7 Å². The lowest BCUT2D eigenvalue weighted by molar-refractivity contribution is 0.499. The Kier molecular flexibility index (Phi) is 4.21. The maximum absolute atomic E-state index is 6.03. The maximum Gasteiger partial charge on any atom is 0.136 e. The molecule has 3 N–H and O–H groups in total. The van der Waals surface area contributed by atoms with Crippen LogP contribution in [-0.4, -0.2) is 30.2 Å². The highest BCUT2D eigenvalue weighted by Crippen LogP contribution is 2.32. The Morgan fingerprint density at radius 2 is 1.95 bits per heavy atom. The molecule has 2 aromatic rings. The van der Waals surface area contributed by atoms with E-state index in [2.05, 4.69) is 49.2 Å². The highest BCUT2D eigenvalue weighted by Gasteiger charge is 2.20. The van der Waals surface area contributed by atoms with Gasteiger partial charge >= 0.3 is 0 Å². The molecule has 0 saturated carbocycles. The van der Waals surface area contributed by atoms with Crippen LogP contribution >= 0.6 is 0 Å². The third-order valence-corrected chi connectivity index (χ3v) is 4.31. The van der Waals surface area contributed by atoms with Crippen molar-refractivity contribution >= 4 is 22.3 Å². The van der Waals surface area contributed by atoms with Crippen molar-refractivity contribution in [3.8, 4) is 0 Å². The molecule has 118 valence electrons. The van der Waals surface area contributed by atoms with Crippen LogP contribution in [0.25, 0.3) is 10.8 Å². The topological polar surface area (TPSA) is 54.2 Å². The highest BCUT2D eigenvalue weighted by molar-refractivity contribution is 6.00. The van der Waals surface area contributed by atoms with Crippen molar-refractivity contribution in [2.45, 2.75) is 45.7 Å². The molecule has 2 heterocycles. The van der Waals surface area contributed by atoms with Gasteiger partial charge in [-0.05, 0) is 39.7 Å². The lowest BCUT2D eigenvalue weighted by Gasteiger charge is -2.32. The standard InChI is InChI=1S/C18H26N4/c1-12(2)21-17-11-20-18(22-8-6-14(19)7-9-22)16-10-13(3)4-5-15(16)17/h4-5,10-12,14,21H,6-9,19H2,1-3H3. The van der Waals surface area contributed by atoms with Crippen LogP contribution in [0.2, 0.25) is 0 Å². The minimum absolute atomic E-state index is 0.339. The summed E-state index contributed by atoms with van der Waals surface area (Å²) in [5, 5.41) is 5.99. The van der Waals surface area contributed by atoms with E-state index in [0.717, 1.165) is 37.4 Å². The number of anilines is 2. The summed E-state index contributed by atoms with van der Waals surface area (Å²) in [4.78, 5) is 7.15. The molecule has 1 aliphatic rings. The first-order valence-electron chi connectivity index (χ1n) is 8.21. The molecule has 22 heavy (non-hydrogen) atoms. The van der Waals surface area contributed by atoms with Crippen molar-refractivity contribution < 1.29 is 0 Å². The van der Waals surface area contributed by atoms with Gasteiger partial charge in [-0.3, -0.25) is 0 Å². The first kappa shape index (κ1) is 15.1. The Labute approximate surface area is 132 Å². The minimum Gasteiger partial charge on any atom is -0.381 e. The van der Waals surface area contributed by atoms with Gasteiger partial charge in [0.25, 0.3) is 0 Å². The van der Waals surface area contributed by atoms with E-state index in [1.54, 1.807) is 0 Å². The van der Waals surface area contributed by atoms with E-state index in [9.17, 15) is 0 Å². The van der Waals surface area contributed by atoms with E-state index < -0.39 is 0 Å². The van der Waals surface area contributed by atoms with Gasteiger partial charge in [0.1, 0.15) is 5.82 Å². The van der Waals surface area contributed by atoms with Crippen LogP contribution in [0.5, 0.6) is 0 Å². The quantitative estimate of drug-likeness (QED) is 0.913. The van der Waals surface area contributed by atoms with Gasteiger partial charge in [-0.2, -0.15) is 0 Å². The number of aryl methyl sites for hydroxylation is 1. The number of piperidine rings is 1. The summed E-state index contributed by atoms with van der Waals surface area (Å²) in [6.07, 6.45) is 4.06. The lowest BCUT2D eigenvalue weighted by Crippen LogP contribution is -2.40. The number of nitrogens with zero attached hydrogens (tertiary/aromatic N) is 2. The Hall–Kier alpha value is -1.81. The summed E-state index contributed by atoms with van der Waals surface area (Å²) >= 11 is 0. The van der Waals surface area contributed by atoms with Crippen molar-refractivity contribution in [1.29, 1.82) is 0 Å². The summed E-state index contributed by atoms with van der Waals surface area (Å²) < 4.78 is 0. The summed E-state index contributed by atoms with van der Waals surface area (Å²) in [7, 11) is 0. The lowest BCUT2D eigenvalue weighted by atomic mass is 10.0. The van der Waals surface area contributed by atoms with Crippen molar-refractivity contribution in [3.05, 3.63) is 30.0 Å². The summed E-state index contributed by atoms with van der Waals surface area (Å²) in [6, 6.07) is 7.36. The van der Waals surface area contributed by atoms with Crippen molar-refractivity contribution in [1.82, 2.24) is 4.98 Å². The van der Waals surface area contributed by atoms with Gasteiger partial charge in [0.05, 0.1) is 11.9 Å². The molecule has 4 heteroatoms. The number of nitrogens with one attached hydrogen (secondary N) is 1. The second-order valence-corrected chi connectivity index (χ2v) is 6.67. The second-order valence-electron chi connectivity index (χ2n) is 6.67. The molecular weight excluding hydrogens is 272 g/mol. The summed E-state index contributed by atoms with van der Waals surface area (Å²) in [5.41, 5.74) is 8.42. The third-order valence-electron chi connectivity index (χ3n) is 4.31. The van der Waals surface area contributed by atoms with Gasteiger partial charge in [0.15, 0.2) is 0 Å². The molecule has 1 fully saturated rings. The maximum atomic E-state index is 6.03. The van der Waals surface area contributed by atoms with E-state index in [1.165, 1.54) is 16.3 Å². The summed E-state index contributed by atoms with van der Waals surface area (Å²) in [6.45, 7) is 8.43. The molecule has 0 bridgehead atoms. The number of rotatable bonds is 3. The molecule has 0 aliphatic carbocycles. The minimum atomic E-state index is 0.339. The number of fused-ring (bicyclic) bond motifs is 1. The average Bonchev–Trinajstić information content (AvgIpc) is 2.48. The fourth-order valence-corrected chi connectivity index (χ4v) is 3.13. The molecule has 1 aromatic carbocycles. The zero-order chi connectivity index (χ0) is 15.7. The molecular formula is C18H26N4. The van der Waals surface area contributed by atoms with Gasteiger partial charge in [0, 0.05) is 35.9 Å². The normalized spacial score (nSPS) is 16.5. The third kappa shape index (κ3) is 3.02. The monoisotopic (exact) mass is 298 g/mol. The van der Waals surface area contributed by atoms with Crippen LogP contribution in [-0.2, 0) is 0 Å².